The fourth-order valence-corrected chi connectivity index (χ4v) is 3.92. The minimum Gasteiger partial charge on any atom is -0.368 e. The first-order valence-electron chi connectivity index (χ1n) is 5.43. The summed E-state index contributed by atoms with van der Waals surface area (Å²) in [5.41, 5.74) is 5.90. The Bertz CT molecular complexity index is 698. The van der Waals surface area contributed by atoms with Gasteiger partial charge < -0.3 is 10.6 Å². The van der Waals surface area contributed by atoms with Crippen molar-refractivity contribution in [1.82, 2.24) is 9.96 Å². The zero-order valence-corrected chi connectivity index (χ0v) is 11.4. The normalized spacial score (nSPS) is 24.9. The molecule has 2 bridgehead atoms. The monoisotopic (exact) mass is 319 g/mol. The van der Waals surface area contributed by atoms with Gasteiger partial charge in [-0.25, -0.2) is 4.79 Å². The number of rotatable bonds is 3. The highest BCUT2D eigenvalue weighted by Crippen LogP contribution is 2.46. The maximum absolute atomic E-state index is 12.1. The van der Waals surface area contributed by atoms with E-state index in [9.17, 15) is 18.0 Å². The molecule has 2 aliphatic rings. The third kappa shape index (κ3) is 1.86. The van der Waals surface area contributed by atoms with Crippen LogP contribution in [0.1, 0.15) is 22.5 Å². The number of hydrogen-bond acceptors (Lipinski definition) is 6. The lowest BCUT2D eigenvalue weighted by molar-refractivity contribution is -0.122. The molecule has 3 rings (SSSR count). The Morgan fingerprint density at radius 2 is 2.25 bits per heavy atom. The van der Waals surface area contributed by atoms with E-state index < -0.39 is 34.4 Å². The second-order valence-electron chi connectivity index (χ2n) is 4.32. The lowest BCUT2D eigenvalue weighted by atomic mass is 9.99. The van der Waals surface area contributed by atoms with Gasteiger partial charge in [-0.05, 0) is 17.0 Å². The zero-order chi connectivity index (χ0) is 14.7. The lowest BCUT2D eigenvalue weighted by Crippen LogP contribution is -2.41. The number of hydroxylamine groups is 2. The Labute approximate surface area is 117 Å². The molecule has 3 heterocycles. The van der Waals surface area contributed by atoms with Crippen molar-refractivity contribution in [2.75, 3.05) is 6.54 Å². The molecule has 1 fully saturated rings. The summed E-state index contributed by atoms with van der Waals surface area (Å²) in [6.45, 7) is 0.0612. The van der Waals surface area contributed by atoms with Gasteiger partial charge in [-0.15, -0.1) is 15.6 Å². The number of urea groups is 1. The van der Waals surface area contributed by atoms with Gasteiger partial charge in [-0.2, -0.15) is 13.5 Å². The van der Waals surface area contributed by atoms with Crippen molar-refractivity contribution in [2.45, 2.75) is 12.1 Å². The van der Waals surface area contributed by atoms with Crippen LogP contribution in [0.4, 0.5) is 4.79 Å². The highest BCUT2D eigenvalue weighted by atomic mass is 32.3. The average Bonchev–Trinajstić information content (AvgIpc) is 2.88. The highest BCUT2D eigenvalue weighted by Gasteiger charge is 2.52. The number of nitrogens with zero attached hydrogens (tertiary/aromatic N) is 2. The summed E-state index contributed by atoms with van der Waals surface area (Å²) in [4.78, 5) is 25.3. The topological polar surface area (TPSA) is 130 Å². The summed E-state index contributed by atoms with van der Waals surface area (Å²) in [7, 11) is -4.84. The van der Waals surface area contributed by atoms with Crippen LogP contribution in [-0.2, 0) is 19.5 Å². The van der Waals surface area contributed by atoms with Crippen LogP contribution in [0.15, 0.2) is 11.4 Å². The van der Waals surface area contributed by atoms with Crippen LogP contribution in [0.2, 0.25) is 0 Å². The molecule has 0 spiro atoms. The summed E-state index contributed by atoms with van der Waals surface area (Å²) in [5.74, 6) is -0.714. The molecule has 1 aromatic rings. The van der Waals surface area contributed by atoms with E-state index in [0.29, 0.717) is 15.5 Å². The van der Waals surface area contributed by atoms with Crippen molar-refractivity contribution in [3.8, 4) is 0 Å². The molecule has 1 saturated heterocycles. The summed E-state index contributed by atoms with van der Waals surface area (Å²) >= 11 is 1.24. The van der Waals surface area contributed by atoms with Gasteiger partial charge in [0.15, 0.2) is 0 Å². The summed E-state index contributed by atoms with van der Waals surface area (Å²) in [5, 5.41) is 2.25. The van der Waals surface area contributed by atoms with Crippen LogP contribution in [0.25, 0.3) is 0 Å². The number of nitrogens with two attached hydrogens (primary N) is 1. The number of carbonyl (C=O) groups excluding carboxylic acids is 2. The molecule has 0 aromatic carbocycles. The van der Waals surface area contributed by atoms with Crippen molar-refractivity contribution in [2.24, 2.45) is 5.73 Å². The second kappa shape index (κ2) is 4.15. The van der Waals surface area contributed by atoms with Crippen LogP contribution in [0, 0.1) is 0 Å². The first-order valence-corrected chi connectivity index (χ1v) is 7.67. The molecule has 0 radical (unpaired) electrons. The fraction of sp³-hybridized carbons (Fsp3) is 0.333. The Morgan fingerprint density at radius 3 is 2.85 bits per heavy atom. The molecular formula is C9H9N3O6S2. The molecule has 0 unspecified atom stereocenters. The van der Waals surface area contributed by atoms with E-state index in [0.717, 1.165) is 4.90 Å². The maximum atomic E-state index is 12.1. The Hall–Kier alpha value is -1.69. The summed E-state index contributed by atoms with van der Waals surface area (Å²) in [6, 6.07) is -0.832. The molecule has 20 heavy (non-hydrogen) atoms. The number of fused-ring (bicyclic) bond motifs is 4. The minimum atomic E-state index is -4.84. The Morgan fingerprint density at radius 1 is 1.55 bits per heavy atom. The van der Waals surface area contributed by atoms with Crippen molar-refractivity contribution in [1.29, 1.82) is 0 Å². The molecule has 0 aliphatic carbocycles. The lowest BCUT2D eigenvalue weighted by Gasteiger charge is -2.27. The van der Waals surface area contributed by atoms with Crippen LogP contribution < -0.4 is 5.73 Å². The Balaban J connectivity index is 2.07. The predicted octanol–water partition coefficient (Wildman–Crippen LogP) is -0.199. The van der Waals surface area contributed by atoms with Gasteiger partial charge in [0.1, 0.15) is 12.1 Å². The van der Waals surface area contributed by atoms with E-state index >= 15 is 0 Å². The van der Waals surface area contributed by atoms with Crippen molar-refractivity contribution in [3.63, 3.8) is 0 Å². The van der Waals surface area contributed by atoms with E-state index in [-0.39, 0.29) is 6.54 Å². The molecule has 108 valence electrons. The van der Waals surface area contributed by atoms with Crippen LogP contribution in [-0.4, -0.2) is 41.4 Å². The van der Waals surface area contributed by atoms with Gasteiger partial charge in [-0.1, -0.05) is 0 Å². The largest absolute Gasteiger partial charge is 0.418 e. The standard InChI is InChI=1S/C9H9N3O6S2/c10-8(13)6-7-4(1-2-19-7)5-3-11(6)9(14)12(5)18-20(15,16)17/h1-2,5-6H,3H2,(H2,10,13)(H,15,16,17)/t5-,6+/m1/s1. The molecule has 2 aliphatic heterocycles. The van der Waals surface area contributed by atoms with Crippen molar-refractivity contribution in [3.05, 3.63) is 21.9 Å². The zero-order valence-electron chi connectivity index (χ0n) is 9.79. The van der Waals surface area contributed by atoms with E-state index in [1.165, 1.54) is 11.3 Å². The third-order valence-corrected chi connectivity index (χ3v) is 4.51. The predicted molar refractivity (Wildman–Crippen MR) is 65.6 cm³/mol. The molecular weight excluding hydrogens is 310 g/mol. The van der Waals surface area contributed by atoms with Crippen LogP contribution >= 0.6 is 11.3 Å². The number of primary amides is 1. The molecule has 3 N–H and O–H groups in total. The van der Waals surface area contributed by atoms with Gasteiger partial charge in [0.05, 0.1) is 6.54 Å². The van der Waals surface area contributed by atoms with Crippen LogP contribution in [0.3, 0.4) is 0 Å². The number of carbonyl (C=O) groups is 2. The first-order chi connectivity index (χ1) is 9.29. The summed E-state index contributed by atoms with van der Waals surface area (Å²) < 4.78 is 34.7. The van der Waals surface area contributed by atoms with Crippen LogP contribution in [0.5, 0.6) is 0 Å². The molecule has 0 saturated carbocycles. The van der Waals surface area contributed by atoms with E-state index in [1.54, 1.807) is 11.4 Å². The molecule has 2 atom stereocenters. The molecule has 11 heteroatoms. The second-order valence-corrected chi connectivity index (χ2v) is 6.28. The van der Waals surface area contributed by atoms with Crippen molar-refractivity contribution >= 4 is 33.7 Å². The number of hydrogen-bond donors (Lipinski definition) is 2. The van der Waals surface area contributed by atoms with Gasteiger partial charge >= 0.3 is 16.4 Å². The van der Waals surface area contributed by atoms with E-state index in [1.807, 2.05) is 0 Å². The summed E-state index contributed by atoms with van der Waals surface area (Å²) in [6.07, 6.45) is 0. The third-order valence-electron chi connectivity index (χ3n) is 3.18. The smallest absolute Gasteiger partial charge is 0.368 e. The van der Waals surface area contributed by atoms with Gasteiger partial charge in [0.2, 0.25) is 5.91 Å². The quantitative estimate of drug-likeness (QED) is 0.742. The van der Waals surface area contributed by atoms with E-state index in [2.05, 4.69) is 4.28 Å². The average molecular weight is 319 g/mol. The fourth-order valence-electron chi connectivity index (χ4n) is 2.48. The van der Waals surface area contributed by atoms with Gasteiger partial charge in [0, 0.05) is 4.88 Å². The van der Waals surface area contributed by atoms with E-state index in [4.69, 9.17) is 10.3 Å². The van der Waals surface area contributed by atoms with Gasteiger partial charge in [-0.3, -0.25) is 9.35 Å². The van der Waals surface area contributed by atoms with Crippen molar-refractivity contribution < 1.29 is 26.8 Å². The Kier molecular flexibility index (Phi) is 2.76. The number of amides is 3. The minimum absolute atomic E-state index is 0.0612. The molecule has 1 aromatic heterocycles. The maximum Gasteiger partial charge on any atom is 0.418 e. The van der Waals surface area contributed by atoms with Gasteiger partial charge in [0.25, 0.3) is 0 Å². The highest BCUT2D eigenvalue weighted by molar-refractivity contribution is 7.80. The SMILES string of the molecule is NC(=O)[C@@H]1c2sccc2[C@H]2CN1C(=O)N2OS(=O)(=O)O. The molecule has 3 amide bonds. The molecule has 9 nitrogen and oxygen atoms in total. The first kappa shape index (κ1) is 13.3. The number of thiophene rings is 1.